The van der Waals surface area contributed by atoms with Crippen LogP contribution < -0.4 is 5.73 Å². The summed E-state index contributed by atoms with van der Waals surface area (Å²) < 4.78 is 0. The molecule has 0 aliphatic carbocycles. The van der Waals surface area contributed by atoms with Gasteiger partial charge in [0.05, 0.1) is 5.69 Å². The number of nitrogens with two attached hydrogens (primary N) is 1. The SMILES string of the molecule is Nc1ccccc1CCc1cccnn1. The summed E-state index contributed by atoms with van der Waals surface area (Å²) >= 11 is 0. The zero-order valence-electron chi connectivity index (χ0n) is 8.43. The number of para-hydroxylation sites is 1. The van der Waals surface area contributed by atoms with Crippen LogP contribution in [0.15, 0.2) is 42.6 Å². The predicted molar refractivity (Wildman–Crippen MR) is 60.3 cm³/mol. The maximum absolute atomic E-state index is 5.85. The van der Waals surface area contributed by atoms with Crippen LogP contribution >= 0.6 is 0 Å². The van der Waals surface area contributed by atoms with E-state index in [2.05, 4.69) is 10.2 Å². The lowest BCUT2D eigenvalue weighted by molar-refractivity contribution is 0.860. The van der Waals surface area contributed by atoms with E-state index in [0.717, 1.165) is 24.2 Å². The molecule has 0 saturated heterocycles. The van der Waals surface area contributed by atoms with Gasteiger partial charge in [-0.1, -0.05) is 18.2 Å². The second-order valence-corrected chi connectivity index (χ2v) is 3.41. The third kappa shape index (κ3) is 2.53. The number of nitrogens with zero attached hydrogens (tertiary/aromatic N) is 2. The van der Waals surface area contributed by atoms with Gasteiger partial charge in [-0.15, -0.1) is 0 Å². The minimum Gasteiger partial charge on any atom is -0.399 e. The second kappa shape index (κ2) is 4.55. The molecule has 2 N–H and O–H groups in total. The third-order valence-corrected chi connectivity index (χ3v) is 2.33. The Morgan fingerprint density at radius 1 is 1.00 bits per heavy atom. The number of rotatable bonds is 3. The highest BCUT2D eigenvalue weighted by Gasteiger charge is 1.99. The predicted octanol–water partition coefficient (Wildman–Crippen LogP) is 1.84. The van der Waals surface area contributed by atoms with E-state index in [4.69, 9.17) is 5.73 Å². The van der Waals surface area contributed by atoms with Gasteiger partial charge in [0.25, 0.3) is 0 Å². The second-order valence-electron chi connectivity index (χ2n) is 3.41. The molecule has 3 nitrogen and oxygen atoms in total. The highest BCUT2D eigenvalue weighted by Crippen LogP contribution is 2.12. The van der Waals surface area contributed by atoms with Crippen molar-refractivity contribution in [2.45, 2.75) is 12.8 Å². The summed E-state index contributed by atoms with van der Waals surface area (Å²) in [7, 11) is 0. The van der Waals surface area contributed by atoms with Crippen LogP contribution in [-0.2, 0) is 12.8 Å². The molecular weight excluding hydrogens is 186 g/mol. The Labute approximate surface area is 89.0 Å². The van der Waals surface area contributed by atoms with Gasteiger partial charge in [0, 0.05) is 11.9 Å². The quantitative estimate of drug-likeness (QED) is 0.767. The first-order valence-electron chi connectivity index (χ1n) is 4.96. The van der Waals surface area contributed by atoms with E-state index >= 15 is 0 Å². The Balaban J connectivity index is 2.03. The van der Waals surface area contributed by atoms with Gasteiger partial charge in [-0.05, 0) is 36.6 Å². The number of hydrogen-bond donors (Lipinski definition) is 1. The van der Waals surface area contributed by atoms with Gasteiger partial charge < -0.3 is 5.73 Å². The van der Waals surface area contributed by atoms with Crippen LogP contribution in [-0.4, -0.2) is 10.2 Å². The van der Waals surface area contributed by atoms with E-state index in [1.54, 1.807) is 6.20 Å². The molecule has 0 aliphatic heterocycles. The molecule has 0 atom stereocenters. The van der Waals surface area contributed by atoms with Crippen molar-refractivity contribution >= 4 is 5.69 Å². The first-order chi connectivity index (χ1) is 7.36. The van der Waals surface area contributed by atoms with Crippen molar-refractivity contribution in [3.8, 4) is 0 Å². The van der Waals surface area contributed by atoms with Crippen LogP contribution in [0.5, 0.6) is 0 Å². The Bertz CT molecular complexity index is 426. The molecule has 0 spiro atoms. The summed E-state index contributed by atoms with van der Waals surface area (Å²) in [5.74, 6) is 0. The van der Waals surface area contributed by atoms with Crippen molar-refractivity contribution in [2.75, 3.05) is 5.73 Å². The summed E-state index contributed by atoms with van der Waals surface area (Å²) in [6, 6.07) is 11.8. The van der Waals surface area contributed by atoms with Crippen LogP contribution in [0.2, 0.25) is 0 Å². The van der Waals surface area contributed by atoms with Crippen LogP contribution in [0.25, 0.3) is 0 Å². The van der Waals surface area contributed by atoms with Crippen molar-refractivity contribution in [1.29, 1.82) is 0 Å². The Kier molecular flexibility index (Phi) is 2.93. The molecule has 1 heterocycles. The van der Waals surface area contributed by atoms with Crippen LogP contribution in [0.3, 0.4) is 0 Å². The smallest absolute Gasteiger partial charge is 0.0634 e. The first kappa shape index (κ1) is 9.65. The third-order valence-electron chi connectivity index (χ3n) is 2.33. The van der Waals surface area contributed by atoms with Crippen LogP contribution in [0.4, 0.5) is 5.69 Å². The van der Waals surface area contributed by atoms with Crippen molar-refractivity contribution in [3.63, 3.8) is 0 Å². The standard InChI is InChI=1S/C12H13N3/c13-12-6-2-1-4-10(12)7-8-11-5-3-9-14-15-11/h1-6,9H,7-8,13H2. The minimum atomic E-state index is 0.849. The number of hydrogen-bond acceptors (Lipinski definition) is 3. The Hall–Kier alpha value is -1.90. The van der Waals surface area contributed by atoms with E-state index in [0.29, 0.717) is 0 Å². The number of benzene rings is 1. The fourth-order valence-electron chi connectivity index (χ4n) is 1.49. The molecular formula is C12H13N3. The lowest BCUT2D eigenvalue weighted by atomic mass is 10.1. The molecule has 2 aromatic rings. The van der Waals surface area contributed by atoms with Crippen molar-refractivity contribution in [2.24, 2.45) is 0 Å². The number of aromatic nitrogens is 2. The fourth-order valence-corrected chi connectivity index (χ4v) is 1.49. The molecule has 0 bridgehead atoms. The summed E-state index contributed by atoms with van der Waals surface area (Å²) in [6.45, 7) is 0. The van der Waals surface area contributed by atoms with Gasteiger partial charge in [-0.3, -0.25) is 0 Å². The maximum atomic E-state index is 5.85. The zero-order valence-corrected chi connectivity index (χ0v) is 8.43. The molecule has 1 aromatic carbocycles. The summed E-state index contributed by atoms with van der Waals surface area (Å²) in [5, 5.41) is 7.87. The molecule has 1 aromatic heterocycles. The number of aryl methyl sites for hydroxylation is 2. The first-order valence-corrected chi connectivity index (χ1v) is 4.96. The average molecular weight is 199 g/mol. The fraction of sp³-hybridized carbons (Fsp3) is 0.167. The molecule has 0 saturated carbocycles. The van der Waals surface area contributed by atoms with Gasteiger partial charge in [-0.25, -0.2) is 0 Å². The Morgan fingerprint density at radius 2 is 1.87 bits per heavy atom. The maximum Gasteiger partial charge on any atom is 0.0634 e. The van der Waals surface area contributed by atoms with E-state index in [1.165, 1.54) is 5.56 Å². The van der Waals surface area contributed by atoms with Gasteiger partial charge in [0.2, 0.25) is 0 Å². The summed E-state index contributed by atoms with van der Waals surface area (Å²) in [6.07, 6.45) is 3.47. The molecule has 0 radical (unpaired) electrons. The minimum absolute atomic E-state index is 0.849. The number of nitrogen functional groups attached to an aromatic ring is 1. The van der Waals surface area contributed by atoms with Gasteiger partial charge in [-0.2, -0.15) is 10.2 Å². The highest BCUT2D eigenvalue weighted by atomic mass is 15.1. The molecule has 0 aliphatic rings. The summed E-state index contributed by atoms with van der Waals surface area (Å²) in [5.41, 5.74) is 8.87. The normalized spacial score (nSPS) is 10.1. The average Bonchev–Trinajstić information content (AvgIpc) is 2.29. The zero-order chi connectivity index (χ0) is 10.5. The van der Waals surface area contributed by atoms with Crippen LogP contribution in [0.1, 0.15) is 11.3 Å². The van der Waals surface area contributed by atoms with Crippen LogP contribution in [0, 0.1) is 0 Å². The van der Waals surface area contributed by atoms with E-state index in [9.17, 15) is 0 Å². The molecule has 15 heavy (non-hydrogen) atoms. The van der Waals surface area contributed by atoms with E-state index in [1.807, 2.05) is 36.4 Å². The molecule has 2 rings (SSSR count). The molecule has 0 unspecified atom stereocenters. The molecule has 0 fully saturated rings. The monoisotopic (exact) mass is 199 g/mol. The highest BCUT2D eigenvalue weighted by molar-refractivity contribution is 5.46. The topological polar surface area (TPSA) is 51.8 Å². The molecule has 3 heteroatoms. The lowest BCUT2D eigenvalue weighted by Crippen LogP contribution is -1.98. The largest absolute Gasteiger partial charge is 0.399 e. The van der Waals surface area contributed by atoms with Gasteiger partial charge >= 0.3 is 0 Å². The molecule has 76 valence electrons. The van der Waals surface area contributed by atoms with Crippen molar-refractivity contribution in [1.82, 2.24) is 10.2 Å². The van der Waals surface area contributed by atoms with Gasteiger partial charge in [0.15, 0.2) is 0 Å². The lowest BCUT2D eigenvalue weighted by Gasteiger charge is -2.03. The van der Waals surface area contributed by atoms with E-state index in [-0.39, 0.29) is 0 Å². The molecule has 0 amide bonds. The van der Waals surface area contributed by atoms with Gasteiger partial charge in [0.1, 0.15) is 0 Å². The van der Waals surface area contributed by atoms with E-state index < -0.39 is 0 Å². The van der Waals surface area contributed by atoms with Crippen molar-refractivity contribution < 1.29 is 0 Å². The van der Waals surface area contributed by atoms with Crippen molar-refractivity contribution in [3.05, 3.63) is 53.9 Å². The Morgan fingerprint density at radius 3 is 2.60 bits per heavy atom. The summed E-state index contributed by atoms with van der Waals surface area (Å²) in [4.78, 5) is 0. The number of anilines is 1.